The van der Waals surface area contributed by atoms with Gasteiger partial charge in [0.05, 0.1) is 30.3 Å². The third-order valence-corrected chi connectivity index (χ3v) is 4.49. The third-order valence-electron chi connectivity index (χ3n) is 4.49. The lowest BCUT2D eigenvalue weighted by molar-refractivity contribution is -0.122. The highest BCUT2D eigenvalue weighted by Crippen LogP contribution is 2.37. The second-order valence-electron chi connectivity index (χ2n) is 6.17. The van der Waals surface area contributed by atoms with Crippen LogP contribution >= 0.6 is 0 Å². The normalized spacial score (nSPS) is 42.6. The van der Waals surface area contributed by atoms with Gasteiger partial charge in [0, 0.05) is 19.3 Å². The summed E-state index contributed by atoms with van der Waals surface area (Å²) in [6.07, 6.45) is -4.24. The van der Waals surface area contributed by atoms with E-state index in [1.807, 2.05) is 0 Å². The fourth-order valence-corrected chi connectivity index (χ4v) is 3.33. The summed E-state index contributed by atoms with van der Waals surface area (Å²) in [4.78, 5) is 12.2. The molecule has 2 aliphatic carbocycles. The SMILES string of the molecule is O=C1C[C@@H](C2=C[C@@H](O)C(O)[C@@H](O)C2)OC2=C1[C@@H](O)C[C@@H](O)C2. The molecule has 0 aromatic carbocycles. The molecule has 0 fully saturated rings. The zero-order valence-electron chi connectivity index (χ0n) is 11.9. The van der Waals surface area contributed by atoms with Crippen LogP contribution in [-0.2, 0) is 9.53 Å². The monoisotopic (exact) mass is 312 g/mol. The molecule has 0 bridgehead atoms. The summed E-state index contributed by atoms with van der Waals surface area (Å²) in [5, 5.41) is 48.6. The molecule has 0 amide bonds. The van der Waals surface area contributed by atoms with Crippen molar-refractivity contribution in [2.45, 2.75) is 62.3 Å². The highest BCUT2D eigenvalue weighted by molar-refractivity contribution is 5.98. The number of hydrogen-bond acceptors (Lipinski definition) is 7. The largest absolute Gasteiger partial charge is 0.489 e. The maximum Gasteiger partial charge on any atom is 0.168 e. The van der Waals surface area contributed by atoms with Crippen LogP contribution in [0.3, 0.4) is 0 Å². The first-order valence-electron chi connectivity index (χ1n) is 7.40. The van der Waals surface area contributed by atoms with E-state index in [2.05, 4.69) is 0 Å². The third kappa shape index (κ3) is 2.70. The molecule has 0 radical (unpaired) electrons. The first-order chi connectivity index (χ1) is 10.4. The smallest absolute Gasteiger partial charge is 0.168 e. The molecule has 22 heavy (non-hydrogen) atoms. The molecule has 1 aliphatic heterocycles. The summed E-state index contributed by atoms with van der Waals surface area (Å²) in [5.41, 5.74) is 0.763. The molecule has 7 heteroatoms. The van der Waals surface area contributed by atoms with Crippen molar-refractivity contribution in [2.24, 2.45) is 0 Å². The summed E-state index contributed by atoms with van der Waals surface area (Å²) >= 11 is 0. The van der Waals surface area contributed by atoms with Crippen molar-refractivity contribution in [3.8, 4) is 0 Å². The van der Waals surface area contributed by atoms with E-state index >= 15 is 0 Å². The van der Waals surface area contributed by atoms with Gasteiger partial charge in [-0.3, -0.25) is 4.79 Å². The van der Waals surface area contributed by atoms with Crippen LogP contribution in [0.25, 0.3) is 0 Å². The molecule has 5 N–H and O–H groups in total. The lowest BCUT2D eigenvalue weighted by atomic mass is 9.82. The zero-order valence-corrected chi connectivity index (χ0v) is 11.9. The van der Waals surface area contributed by atoms with E-state index in [0.29, 0.717) is 5.57 Å². The number of hydrogen-bond donors (Lipinski definition) is 5. The molecule has 0 saturated carbocycles. The molecule has 122 valence electrons. The predicted molar refractivity (Wildman–Crippen MR) is 73.5 cm³/mol. The van der Waals surface area contributed by atoms with Crippen LogP contribution in [0.5, 0.6) is 0 Å². The van der Waals surface area contributed by atoms with Crippen LogP contribution in [0.4, 0.5) is 0 Å². The van der Waals surface area contributed by atoms with E-state index < -0.39 is 36.6 Å². The number of Topliss-reactive ketones (excluding diaryl/α,β-unsaturated/α-hetero) is 1. The molecular weight excluding hydrogens is 292 g/mol. The first-order valence-corrected chi connectivity index (χ1v) is 7.40. The van der Waals surface area contributed by atoms with Crippen molar-refractivity contribution in [3.63, 3.8) is 0 Å². The van der Waals surface area contributed by atoms with Gasteiger partial charge in [-0.2, -0.15) is 0 Å². The second kappa shape index (κ2) is 5.75. The fraction of sp³-hybridized carbons (Fsp3) is 0.667. The zero-order chi connectivity index (χ0) is 16.0. The molecule has 0 spiro atoms. The van der Waals surface area contributed by atoms with Gasteiger partial charge in [0.2, 0.25) is 0 Å². The molecule has 3 rings (SSSR count). The van der Waals surface area contributed by atoms with E-state index in [4.69, 9.17) is 4.74 Å². The quantitative estimate of drug-likeness (QED) is 0.374. The number of ether oxygens (including phenoxy) is 1. The van der Waals surface area contributed by atoms with Gasteiger partial charge in [-0.1, -0.05) is 6.08 Å². The van der Waals surface area contributed by atoms with Gasteiger partial charge in [-0.15, -0.1) is 0 Å². The lowest BCUT2D eigenvalue weighted by Crippen LogP contribution is -2.43. The Morgan fingerprint density at radius 2 is 1.77 bits per heavy atom. The molecule has 3 aliphatic rings. The van der Waals surface area contributed by atoms with Crippen molar-refractivity contribution >= 4 is 5.78 Å². The Bertz CT molecular complexity index is 538. The van der Waals surface area contributed by atoms with Crippen LogP contribution < -0.4 is 0 Å². The Morgan fingerprint density at radius 1 is 1.05 bits per heavy atom. The van der Waals surface area contributed by atoms with Crippen molar-refractivity contribution in [1.82, 2.24) is 0 Å². The molecule has 1 unspecified atom stereocenters. The average molecular weight is 312 g/mol. The number of rotatable bonds is 1. The topological polar surface area (TPSA) is 127 Å². The summed E-state index contributed by atoms with van der Waals surface area (Å²) < 4.78 is 5.74. The van der Waals surface area contributed by atoms with Gasteiger partial charge < -0.3 is 30.3 Å². The minimum Gasteiger partial charge on any atom is -0.489 e. The highest BCUT2D eigenvalue weighted by Gasteiger charge is 2.41. The van der Waals surface area contributed by atoms with Gasteiger partial charge in [0.15, 0.2) is 5.78 Å². The van der Waals surface area contributed by atoms with Crippen LogP contribution in [-0.4, -0.2) is 67.9 Å². The number of carbonyl (C=O) groups is 1. The van der Waals surface area contributed by atoms with E-state index in [0.717, 1.165) is 0 Å². The summed E-state index contributed by atoms with van der Waals surface area (Å²) in [6, 6.07) is 0. The number of ketones is 1. The van der Waals surface area contributed by atoms with Crippen LogP contribution in [0.15, 0.2) is 23.0 Å². The van der Waals surface area contributed by atoms with Gasteiger partial charge in [0.25, 0.3) is 0 Å². The molecule has 6 atom stereocenters. The summed E-state index contributed by atoms with van der Waals surface area (Å²) in [7, 11) is 0. The molecule has 0 aromatic rings. The van der Waals surface area contributed by atoms with E-state index in [1.165, 1.54) is 6.08 Å². The van der Waals surface area contributed by atoms with E-state index in [9.17, 15) is 30.3 Å². The Morgan fingerprint density at radius 3 is 2.45 bits per heavy atom. The maximum atomic E-state index is 12.2. The fourth-order valence-electron chi connectivity index (χ4n) is 3.33. The number of aliphatic hydroxyl groups excluding tert-OH is 5. The van der Waals surface area contributed by atoms with Crippen molar-refractivity contribution in [3.05, 3.63) is 23.0 Å². The first kappa shape index (κ1) is 15.6. The standard InChI is InChI=1S/C15H20O7/c16-7-3-8(17)14-9(18)5-12(22-13(14)4-7)6-1-10(19)15(21)11(20)2-6/h1,7-8,10-12,15-17,19-21H,2-5H2/t7-,8+,10-,11+,12+,15?/m1/s1. The lowest BCUT2D eigenvalue weighted by Gasteiger charge is -2.37. The maximum absolute atomic E-state index is 12.2. The van der Waals surface area contributed by atoms with Gasteiger partial charge in [-0.25, -0.2) is 0 Å². The van der Waals surface area contributed by atoms with E-state index in [1.54, 1.807) is 0 Å². The highest BCUT2D eigenvalue weighted by atomic mass is 16.5. The Labute approximate surface area is 127 Å². The van der Waals surface area contributed by atoms with E-state index in [-0.39, 0.29) is 42.8 Å². The van der Waals surface area contributed by atoms with Crippen molar-refractivity contribution in [1.29, 1.82) is 0 Å². The molecule has 0 aromatic heterocycles. The van der Waals surface area contributed by atoms with Gasteiger partial charge in [-0.05, 0) is 5.57 Å². The van der Waals surface area contributed by atoms with Crippen molar-refractivity contribution < 1.29 is 35.1 Å². The van der Waals surface area contributed by atoms with Crippen LogP contribution in [0.1, 0.15) is 25.7 Å². The molecule has 1 heterocycles. The molecule has 0 saturated heterocycles. The Hall–Kier alpha value is -1.25. The number of aliphatic hydroxyl groups is 5. The summed E-state index contributed by atoms with van der Waals surface area (Å²) in [5.74, 6) is 0.0325. The summed E-state index contributed by atoms with van der Waals surface area (Å²) in [6.45, 7) is 0. The molecular formula is C15H20O7. The average Bonchev–Trinajstić information content (AvgIpc) is 2.42. The van der Waals surface area contributed by atoms with Gasteiger partial charge >= 0.3 is 0 Å². The minimum atomic E-state index is -1.25. The second-order valence-corrected chi connectivity index (χ2v) is 6.17. The Balaban J connectivity index is 1.84. The molecule has 7 nitrogen and oxygen atoms in total. The predicted octanol–water partition coefficient (Wildman–Crippen LogP) is -1.47. The van der Waals surface area contributed by atoms with Gasteiger partial charge in [0.1, 0.15) is 24.1 Å². The number of carbonyl (C=O) groups excluding carboxylic acids is 1. The minimum absolute atomic E-state index is 0.00730. The Kier molecular flexibility index (Phi) is 4.09. The van der Waals surface area contributed by atoms with Crippen LogP contribution in [0, 0.1) is 0 Å². The van der Waals surface area contributed by atoms with Crippen molar-refractivity contribution in [2.75, 3.05) is 0 Å². The van der Waals surface area contributed by atoms with Crippen LogP contribution in [0.2, 0.25) is 0 Å².